The minimum absolute atomic E-state index is 0.449. The zero-order valence-corrected chi connectivity index (χ0v) is 33.6. The molecule has 1 fully saturated rings. The summed E-state index contributed by atoms with van der Waals surface area (Å²) in [4.78, 5) is 95.4. The molecule has 3 aliphatic rings. The molecule has 7 rings (SSSR count). The number of aliphatic carboxylic acids is 1. The molecule has 68 heavy (non-hydrogen) atoms. The Labute approximate surface area is 375 Å². The molecule has 27 heteroatoms. The van der Waals surface area contributed by atoms with Gasteiger partial charge in [-0.1, -0.05) is 0 Å². The molecule has 358 valence electrons. The van der Waals surface area contributed by atoms with Crippen LogP contribution in [0.15, 0.2) is 42.5 Å². The van der Waals surface area contributed by atoms with Gasteiger partial charge in [-0.25, -0.2) is 24.0 Å². The Morgan fingerprint density at radius 2 is 1.04 bits per heavy atom. The second-order valence-corrected chi connectivity index (χ2v) is 14.9. The lowest BCUT2D eigenvalue weighted by molar-refractivity contribution is -0.287. The maximum atomic E-state index is 14.5. The minimum Gasteiger partial charge on any atom is -0.504 e. The molecule has 13 N–H and O–H groups in total. The number of aliphatic hydroxyl groups excluding tert-OH is 1. The molecule has 4 aromatic carbocycles. The van der Waals surface area contributed by atoms with E-state index in [1.54, 1.807) is 0 Å². The number of carbonyl (C=O) groups excluding carboxylic acids is 6. The molecule has 3 aliphatic heterocycles. The molecule has 0 amide bonds. The van der Waals surface area contributed by atoms with E-state index in [1.807, 2.05) is 0 Å². The Morgan fingerprint density at radius 1 is 0.574 bits per heavy atom. The molecule has 0 aliphatic carbocycles. The fraction of sp³-hybridized carbons (Fsp3) is 0.244. The first-order chi connectivity index (χ1) is 32.0. The smallest absolute Gasteiger partial charge is 0.341 e. The van der Waals surface area contributed by atoms with Gasteiger partial charge in [0.25, 0.3) is 0 Å². The number of carbonyl (C=O) groups is 7. The zero-order chi connectivity index (χ0) is 49.8. The number of benzene rings is 4. The average molecular weight is 957 g/mol. The van der Waals surface area contributed by atoms with Crippen molar-refractivity contribution in [1.82, 2.24) is 0 Å². The molecule has 0 spiro atoms. The lowest BCUT2D eigenvalue weighted by Crippen LogP contribution is -2.63. The largest absolute Gasteiger partial charge is 0.504 e. The Morgan fingerprint density at radius 3 is 1.54 bits per heavy atom. The van der Waals surface area contributed by atoms with Gasteiger partial charge < -0.3 is 99.5 Å². The maximum Gasteiger partial charge on any atom is 0.341 e. The SMILES string of the molecule is O=C(O)C[C@@H]1C(=O)O[C@H]2C(OC(=O)c3cc(O)c(O)c(O)c3)[C@@H](OC(=O)c3cc(O)c(O)c4c3[C@H]1[C@H](O)C(=O)O4)[C@H](OC(=O)c1cc(O)c(O)c(O)c1)O[C@@H]2COC(=O)c1cc(O)c(O)c(O)c1. The number of phenolic OH excluding ortho intramolecular Hbond substituents is 11. The quantitative estimate of drug-likeness (QED) is 0.0455. The third-order valence-corrected chi connectivity index (χ3v) is 10.6. The van der Waals surface area contributed by atoms with E-state index in [0.29, 0.717) is 42.5 Å². The molecular formula is C41H32O27. The van der Waals surface area contributed by atoms with Crippen LogP contribution in [0.3, 0.4) is 0 Å². The second-order valence-electron chi connectivity index (χ2n) is 14.9. The van der Waals surface area contributed by atoms with Crippen LogP contribution in [-0.2, 0) is 42.8 Å². The molecule has 0 radical (unpaired) electrons. The lowest BCUT2D eigenvalue weighted by Gasteiger charge is -2.44. The Balaban J connectivity index is 1.44. The third kappa shape index (κ3) is 8.58. The second kappa shape index (κ2) is 17.7. The number of hydrogen-bond donors (Lipinski definition) is 13. The summed E-state index contributed by atoms with van der Waals surface area (Å²) in [7, 11) is 0. The van der Waals surface area contributed by atoms with Gasteiger partial charge in [-0.15, -0.1) is 0 Å². The number of carboxylic acids is 1. The fourth-order valence-electron chi connectivity index (χ4n) is 7.37. The number of ether oxygens (including phenoxy) is 7. The molecule has 1 saturated heterocycles. The minimum atomic E-state index is -2.57. The molecule has 1 unspecified atom stereocenters. The molecule has 0 aromatic heterocycles. The number of fused-ring (bicyclic) bond motifs is 2. The van der Waals surface area contributed by atoms with Crippen LogP contribution in [0.25, 0.3) is 0 Å². The monoisotopic (exact) mass is 956 g/mol. The van der Waals surface area contributed by atoms with Crippen molar-refractivity contribution in [1.29, 1.82) is 0 Å². The van der Waals surface area contributed by atoms with Crippen molar-refractivity contribution in [2.45, 2.75) is 49.1 Å². The molecule has 27 nitrogen and oxygen atoms in total. The number of aliphatic hydroxyl groups is 1. The summed E-state index contributed by atoms with van der Waals surface area (Å²) in [6, 6.07) is 3.84. The highest BCUT2D eigenvalue weighted by atomic mass is 16.7. The highest BCUT2D eigenvalue weighted by Gasteiger charge is 2.57. The summed E-state index contributed by atoms with van der Waals surface area (Å²) >= 11 is 0. The topological polar surface area (TPSA) is 447 Å². The number of phenols is 11. The molecule has 8 atom stereocenters. The summed E-state index contributed by atoms with van der Waals surface area (Å²) in [6.07, 6.45) is -16.3. The van der Waals surface area contributed by atoms with E-state index in [0.717, 1.165) is 0 Å². The van der Waals surface area contributed by atoms with Crippen molar-refractivity contribution in [3.05, 3.63) is 70.3 Å². The maximum absolute atomic E-state index is 14.5. The summed E-state index contributed by atoms with van der Waals surface area (Å²) in [5.74, 6) is -29.8. The number of aromatic hydroxyl groups is 11. The summed E-state index contributed by atoms with van der Waals surface area (Å²) in [5.41, 5.74) is -4.15. The van der Waals surface area contributed by atoms with Gasteiger partial charge >= 0.3 is 41.8 Å². The first-order valence-corrected chi connectivity index (χ1v) is 19.1. The van der Waals surface area contributed by atoms with Crippen molar-refractivity contribution in [3.63, 3.8) is 0 Å². The van der Waals surface area contributed by atoms with E-state index < -0.39 is 200 Å². The zero-order valence-electron chi connectivity index (χ0n) is 33.6. The Kier molecular flexibility index (Phi) is 12.2. The van der Waals surface area contributed by atoms with Crippen LogP contribution >= 0.6 is 0 Å². The summed E-state index contributed by atoms with van der Waals surface area (Å²) in [5, 5.41) is 133. The predicted octanol–water partition coefficient (Wildman–Crippen LogP) is 0.0179. The number of carboxylic acid groups (broad SMARTS) is 1. The van der Waals surface area contributed by atoms with Crippen molar-refractivity contribution in [2.24, 2.45) is 5.92 Å². The van der Waals surface area contributed by atoms with Crippen molar-refractivity contribution < 1.29 is 133 Å². The van der Waals surface area contributed by atoms with Gasteiger partial charge in [-0.2, -0.15) is 0 Å². The van der Waals surface area contributed by atoms with Crippen LogP contribution in [0.1, 0.15) is 59.3 Å². The highest BCUT2D eigenvalue weighted by molar-refractivity contribution is 5.98. The number of hydrogen-bond acceptors (Lipinski definition) is 26. The first kappa shape index (κ1) is 46.9. The first-order valence-electron chi connectivity index (χ1n) is 19.1. The lowest BCUT2D eigenvalue weighted by atomic mass is 9.76. The fourth-order valence-corrected chi connectivity index (χ4v) is 7.37. The Bertz CT molecular complexity index is 2750. The van der Waals surface area contributed by atoms with Gasteiger partial charge in [0, 0.05) is 11.5 Å². The molecule has 2 bridgehead atoms. The van der Waals surface area contributed by atoms with Crippen molar-refractivity contribution in [2.75, 3.05) is 6.61 Å². The van der Waals surface area contributed by atoms with E-state index in [9.17, 15) is 99.9 Å². The van der Waals surface area contributed by atoms with E-state index >= 15 is 0 Å². The van der Waals surface area contributed by atoms with Crippen molar-refractivity contribution in [3.8, 4) is 69.0 Å². The van der Waals surface area contributed by atoms with Gasteiger partial charge in [0.1, 0.15) is 12.7 Å². The number of rotatable bonds is 9. The summed E-state index contributed by atoms with van der Waals surface area (Å²) in [6.45, 7) is -1.28. The van der Waals surface area contributed by atoms with Crippen LogP contribution in [0, 0.1) is 5.92 Å². The molecule has 0 saturated carbocycles. The summed E-state index contributed by atoms with van der Waals surface area (Å²) < 4.78 is 38.6. The number of esters is 6. The van der Waals surface area contributed by atoms with E-state index in [1.165, 1.54) is 0 Å². The van der Waals surface area contributed by atoms with Crippen LogP contribution in [0.2, 0.25) is 0 Å². The van der Waals surface area contributed by atoms with Gasteiger partial charge in [0.2, 0.25) is 18.1 Å². The normalized spacial score (nSPS) is 23.0. The van der Waals surface area contributed by atoms with Gasteiger partial charge in [-0.3, -0.25) is 9.59 Å². The average Bonchev–Trinajstić information content (AvgIpc) is 3.28. The van der Waals surface area contributed by atoms with E-state index in [-0.39, 0.29) is 0 Å². The van der Waals surface area contributed by atoms with E-state index in [2.05, 4.69) is 0 Å². The van der Waals surface area contributed by atoms with Crippen LogP contribution in [-0.4, -0.2) is 152 Å². The van der Waals surface area contributed by atoms with Crippen LogP contribution < -0.4 is 4.74 Å². The van der Waals surface area contributed by atoms with Gasteiger partial charge in [-0.05, 0) is 42.5 Å². The van der Waals surface area contributed by atoms with Gasteiger partial charge in [0.15, 0.2) is 81.6 Å². The van der Waals surface area contributed by atoms with Gasteiger partial charge in [0.05, 0.1) is 34.6 Å². The molecule has 4 aromatic rings. The molecular weight excluding hydrogens is 924 g/mol. The predicted molar refractivity (Wildman–Crippen MR) is 207 cm³/mol. The van der Waals surface area contributed by atoms with E-state index in [4.69, 9.17) is 33.2 Å². The standard InChI is InChI=1S/C41H32O27/c42-15-1-10(2-16(43)26(15)51)35(56)62-9-22-31-33(66-36(57)11-3-17(44)27(52)18(45)4-11)34(41(63-22)68-37(58)12-5-19(46)28(53)20(47)6-12)67-38(59)13-7-21(48)29(54)32-25(13)24(30(55)40(61)65-32)14(8-23(49)50)39(60)64-31/h1-7,14,22,24,30-31,33-34,41-48,51-55H,8-9H2,(H,49,50)/t14-,22+,24-,30-,31+,33?,34+,41-/m0/s1. The highest BCUT2D eigenvalue weighted by Crippen LogP contribution is 2.51. The Hall–Kier alpha value is -9.11. The van der Waals surface area contributed by atoms with Crippen LogP contribution in [0.5, 0.6) is 69.0 Å². The van der Waals surface area contributed by atoms with Crippen LogP contribution in [0.4, 0.5) is 0 Å². The molecule has 3 heterocycles. The van der Waals surface area contributed by atoms with Crippen molar-refractivity contribution >= 4 is 41.8 Å². The third-order valence-electron chi connectivity index (χ3n) is 10.6.